The summed E-state index contributed by atoms with van der Waals surface area (Å²) in [6.07, 6.45) is 11.5. The van der Waals surface area contributed by atoms with Crippen LogP contribution in [0.25, 0.3) is 11.4 Å². The number of nitrogens with one attached hydrogen (secondary N) is 1. The summed E-state index contributed by atoms with van der Waals surface area (Å²) in [5.74, 6) is 1.11. The molecule has 2 saturated carbocycles. The molecule has 0 spiro atoms. The molecule has 3 aliphatic rings. The molecule has 2 amide bonds. The number of carbonyl (C=O) groups excluding carboxylic acids is 2. The lowest BCUT2D eigenvalue weighted by Crippen LogP contribution is -2.49. The Morgan fingerprint density at radius 2 is 1.67 bits per heavy atom. The molecule has 3 heterocycles. The summed E-state index contributed by atoms with van der Waals surface area (Å²) in [6.45, 7) is 2.47. The van der Waals surface area contributed by atoms with Crippen LogP contribution in [0.1, 0.15) is 60.7 Å². The first kappa shape index (κ1) is 26.7. The summed E-state index contributed by atoms with van der Waals surface area (Å²) in [6, 6.07) is 14.1. The Hall–Kier alpha value is -4.15. The van der Waals surface area contributed by atoms with E-state index in [4.69, 9.17) is 22.3 Å². The van der Waals surface area contributed by atoms with Crippen molar-refractivity contribution in [1.82, 2.24) is 24.0 Å². The second kappa shape index (κ2) is 10.6. The molecule has 0 unspecified atom stereocenters. The second-order valence-corrected chi connectivity index (χ2v) is 11.8. The Morgan fingerprint density at radius 3 is 2.31 bits per heavy atom. The van der Waals surface area contributed by atoms with Crippen LogP contribution in [0.3, 0.4) is 0 Å². The van der Waals surface area contributed by atoms with E-state index in [-0.39, 0.29) is 29.9 Å². The highest BCUT2D eigenvalue weighted by atomic mass is 35.5. The Bertz CT molecular complexity index is 1650. The first-order valence-corrected chi connectivity index (χ1v) is 14.9. The highest BCUT2D eigenvalue weighted by Crippen LogP contribution is 2.35. The molecule has 2 fully saturated rings. The highest BCUT2D eigenvalue weighted by molar-refractivity contribution is 6.33. The lowest BCUT2D eigenvalue weighted by Gasteiger charge is -2.46. The predicted octanol–water partition coefficient (Wildman–Crippen LogP) is 5.11. The van der Waals surface area contributed by atoms with E-state index in [0.717, 1.165) is 18.1 Å². The van der Waals surface area contributed by atoms with Gasteiger partial charge in [0.1, 0.15) is 18.2 Å². The first-order chi connectivity index (χ1) is 20.4. The van der Waals surface area contributed by atoms with Gasteiger partial charge in [-0.1, -0.05) is 24.4 Å². The number of imidazole rings is 2. The Balaban J connectivity index is 1.18. The van der Waals surface area contributed by atoms with E-state index >= 15 is 0 Å². The number of benzene rings is 2. The van der Waals surface area contributed by atoms with Gasteiger partial charge in [0.25, 0.3) is 5.91 Å². The average Bonchev–Trinajstić information content (AvgIpc) is 3.47. The van der Waals surface area contributed by atoms with Crippen LogP contribution in [0.5, 0.6) is 0 Å². The molecule has 216 valence electrons. The molecule has 10 nitrogen and oxygen atoms in total. The van der Waals surface area contributed by atoms with E-state index in [1.165, 1.54) is 43.4 Å². The SMILES string of the molecule is Cc1nc2c(n1-c1ccc(Cl)c(N)c1)C(=O)N(c1ccc(-n3ccnc3CN(C3CCC3)C3CCC3)cc1)CC(=O)N2. The number of rotatable bonds is 7. The fourth-order valence-corrected chi connectivity index (χ4v) is 6.28. The van der Waals surface area contributed by atoms with E-state index < -0.39 is 0 Å². The summed E-state index contributed by atoms with van der Waals surface area (Å²) in [4.78, 5) is 40.3. The molecule has 42 heavy (non-hydrogen) atoms. The molecule has 0 saturated heterocycles. The molecule has 4 aromatic rings. The molecule has 3 N–H and O–H groups in total. The fourth-order valence-electron chi connectivity index (χ4n) is 6.16. The van der Waals surface area contributed by atoms with Gasteiger partial charge in [0.2, 0.25) is 5.91 Å². The number of amides is 2. The maximum absolute atomic E-state index is 14.0. The third-order valence-corrected chi connectivity index (χ3v) is 9.20. The summed E-state index contributed by atoms with van der Waals surface area (Å²) in [5.41, 5.74) is 8.90. The number of carbonyl (C=O) groups is 2. The smallest absolute Gasteiger partial charge is 0.279 e. The minimum absolute atomic E-state index is 0.135. The van der Waals surface area contributed by atoms with Crippen LogP contribution < -0.4 is 16.0 Å². The van der Waals surface area contributed by atoms with Gasteiger partial charge in [-0.05, 0) is 75.1 Å². The van der Waals surface area contributed by atoms with E-state index in [2.05, 4.69) is 19.8 Å². The number of nitrogens with zero attached hydrogens (tertiary/aromatic N) is 6. The molecule has 0 atom stereocenters. The van der Waals surface area contributed by atoms with Crippen LogP contribution in [-0.4, -0.2) is 54.4 Å². The number of fused-ring (bicyclic) bond motifs is 1. The van der Waals surface area contributed by atoms with Gasteiger partial charge in [-0.2, -0.15) is 0 Å². The zero-order valence-corrected chi connectivity index (χ0v) is 24.2. The van der Waals surface area contributed by atoms with Gasteiger partial charge < -0.3 is 15.6 Å². The van der Waals surface area contributed by atoms with Crippen molar-refractivity contribution < 1.29 is 9.59 Å². The summed E-state index contributed by atoms with van der Waals surface area (Å²) < 4.78 is 3.82. The summed E-state index contributed by atoms with van der Waals surface area (Å²) in [7, 11) is 0. The van der Waals surface area contributed by atoms with E-state index in [1.54, 1.807) is 29.7 Å². The van der Waals surface area contributed by atoms with E-state index in [0.29, 0.717) is 40.0 Å². The maximum atomic E-state index is 14.0. The number of anilines is 3. The third-order valence-electron chi connectivity index (χ3n) is 8.86. The van der Waals surface area contributed by atoms with Crippen LogP contribution in [-0.2, 0) is 11.3 Å². The average molecular weight is 585 g/mol. The number of aromatic nitrogens is 4. The lowest BCUT2D eigenvalue weighted by atomic mass is 9.84. The normalized spacial score (nSPS) is 17.5. The minimum Gasteiger partial charge on any atom is -0.397 e. The van der Waals surface area contributed by atoms with Crippen molar-refractivity contribution in [3.63, 3.8) is 0 Å². The first-order valence-electron chi connectivity index (χ1n) is 14.5. The van der Waals surface area contributed by atoms with Gasteiger partial charge >= 0.3 is 0 Å². The second-order valence-electron chi connectivity index (χ2n) is 11.4. The molecule has 1 aliphatic heterocycles. The van der Waals surface area contributed by atoms with E-state index in [9.17, 15) is 9.59 Å². The Morgan fingerprint density at radius 1 is 1.00 bits per heavy atom. The number of nitrogens with two attached hydrogens (primary N) is 1. The Kier molecular flexibility index (Phi) is 6.74. The van der Waals surface area contributed by atoms with Gasteiger partial charge in [0.15, 0.2) is 11.5 Å². The van der Waals surface area contributed by atoms with Crippen molar-refractivity contribution in [2.75, 3.05) is 22.5 Å². The molecule has 2 aromatic carbocycles. The summed E-state index contributed by atoms with van der Waals surface area (Å²) in [5, 5.41) is 3.22. The number of aryl methyl sites for hydroxylation is 1. The van der Waals surface area contributed by atoms with E-state index in [1.807, 2.05) is 36.7 Å². The van der Waals surface area contributed by atoms with Crippen LogP contribution in [0.15, 0.2) is 54.9 Å². The van der Waals surface area contributed by atoms with Gasteiger partial charge in [-0.15, -0.1) is 0 Å². The Labute approximate surface area is 249 Å². The highest BCUT2D eigenvalue weighted by Gasteiger charge is 2.35. The van der Waals surface area contributed by atoms with Crippen LogP contribution >= 0.6 is 11.6 Å². The fraction of sp³-hybridized carbons (Fsp3) is 0.355. The van der Waals surface area contributed by atoms with Crippen LogP contribution in [0, 0.1) is 6.92 Å². The number of hydrogen-bond acceptors (Lipinski definition) is 6. The molecular formula is C31H33ClN8O2. The molecule has 0 bridgehead atoms. The zero-order valence-electron chi connectivity index (χ0n) is 23.5. The van der Waals surface area contributed by atoms with Crippen molar-refractivity contribution in [2.45, 2.75) is 64.1 Å². The van der Waals surface area contributed by atoms with Crippen molar-refractivity contribution in [2.24, 2.45) is 0 Å². The van der Waals surface area contributed by atoms with Crippen molar-refractivity contribution in [1.29, 1.82) is 0 Å². The zero-order chi connectivity index (χ0) is 29.0. The van der Waals surface area contributed by atoms with Crippen LogP contribution in [0.4, 0.5) is 17.2 Å². The maximum Gasteiger partial charge on any atom is 0.279 e. The minimum atomic E-state index is -0.342. The summed E-state index contributed by atoms with van der Waals surface area (Å²) >= 11 is 6.14. The van der Waals surface area contributed by atoms with Gasteiger partial charge in [-0.3, -0.25) is 24.0 Å². The number of nitrogen functional groups attached to an aromatic ring is 1. The van der Waals surface area contributed by atoms with Gasteiger partial charge in [0, 0.05) is 41.5 Å². The molecular weight excluding hydrogens is 552 g/mol. The largest absolute Gasteiger partial charge is 0.397 e. The predicted molar refractivity (Wildman–Crippen MR) is 162 cm³/mol. The standard InChI is InChI=1S/C31H33ClN8O2/c1-19-35-30-29(40(19)24-12-13-25(32)26(33)16-24)31(42)39(18-28(41)36-30)23-10-8-22(9-11-23)37-15-14-34-27(37)17-38(20-4-2-5-20)21-6-3-7-21/h8-16,20-21H,2-7,17-18,33H2,1H3,(H,36,41). The molecule has 11 heteroatoms. The van der Waals surface area contributed by atoms with Crippen LogP contribution in [0.2, 0.25) is 5.02 Å². The lowest BCUT2D eigenvalue weighted by molar-refractivity contribution is -0.114. The molecule has 2 aliphatic carbocycles. The molecule has 2 aromatic heterocycles. The number of halogens is 1. The molecule has 7 rings (SSSR count). The molecule has 0 radical (unpaired) electrons. The monoisotopic (exact) mass is 584 g/mol. The van der Waals surface area contributed by atoms with Gasteiger partial charge in [-0.25, -0.2) is 9.97 Å². The topological polar surface area (TPSA) is 114 Å². The van der Waals surface area contributed by atoms with Crippen molar-refractivity contribution >= 4 is 40.6 Å². The van der Waals surface area contributed by atoms with Gasteiger partial charge in [0.05, 0.1) is 17.3 Å². The quantitative estimate of drug-likeness (QED) is 0.292. The number of hydrogen-bond donors (Lipinski definition) is 2. The third kappa shape index (κ3) is 4.64. The van der Waals surface area contributed by atoms with Crippen molar-refractivity contribution in [3.05, 3.63) is 77.2 Å². The van der Waals surface area contributed by atoms with Crippen molar-refractivity contribution in [3.8, 4) is 11.4 Å².